The van der Waals surface area contributed by atoms with E-state index in [-0.39, 0.29) is 16.3 Å². The highest BCUT2D eigenvalue weighted by Gasteiger charge is 2.17. The van der Waals surface area contributed by atoms with Crippen LogP contribution in [-0.4, -0.2) is 46.3 Å². The van der Waals surface area contributed by atoms with Gasteiger partial charge in [0.15, 0.2) is 0 Å². The highest BCUT2D eigenvalue weighted by molar-refractivity contribution is 7.93. The average Bonchev–Trinajstić information content (AvgIpc) is 2.95. The third-order valence-electron chi connectivity index (χ3n) is 6.20. The fourth-order valence-electron chi connectivity index (χ4n) is 3.28. The minimum atomic E-state index is -2.50. The van der Waals surface area contributed by atoms with Crippen molar-refractivity contribution < 1.29 is 12.6 Å². The normalized spacial score (nSPS) is 15.5. The Hall–Kier alpha value is -4.23. The van der Waals surface area contributed by atoms with Gasteiger partial charge < -0.3 is 0 Å². The monoisotopic (exact) mass is 655 g/mol. The summed E-state index contributed by atoms with van der Waals surface area (Å²) in [7, 11) is -7.43. The van der Waals surface area contributed by atoms with Crippen LogP contribution < -0.4 is 0 Å². The molecular formula is C29H37N9O3S3. The second kappa shape index (κ2) is 17.2. The van der Waals surface area contributed by atoms with Crippen molar-refractivity contribution in [1.82, 2.24) is 15.0 Å². The quantitative estimate of drug-likeness (QED) is 0.306. The highest BCUT2D eigenvalue weighted by atomic mass is 32.2. The van der Waals surface area contributed by atoms with Gasteiger partial charge in [-0.2, -0.15) is 15.8 Å². The molecule has 0 N–H and O–H groups in total. The second-order valence-corrected chi connectivity index (χ2v) is 17.6. The Morgan fingerprint density at radius 3 is 1.30 bits per heavy atom. The van der Waals surface area contributed by atoms with E-state index in [1.807, 2.05) is 57.2 Å². The van der Waals surface area contributed by atoms with Crippen LogP contribution in [0.3, 0.4) is 0 Å². The molecule has 12 nitrogen and oxygen atoms in total. The van der Waals surface area contributed by atoms with Gasteiger partial charge in [0.05, 0.1) is 45.4 Å². The first-order valence-corrected chi connectivity index (χ1v) is 19.1. The third-order valence-corrected chi connectivity index (χ3v) is 11.6. The van der Waals surface area contributed by atoms with Crippen LogP contribution in [0.25, 0.3) is 0 Å². The average molecular weight is 656 g/mol. The van der Waals surface area contributed by atoms with Crippen LogP contribution in [0, 0.1) is 55.1 Å². The summed E-state index contributed by atoms with van der Waals surface area (Å²) in [5.74, 6) is 0.272. The summed E-state index contributed by atoms with van der Waals surface area (Å²) in [4.78, 5) is 12.3. The van der Waals surface area contributed by atoms with E-state index in [2.05, 4.69) is 28.0 Å². The lowest BCUT2D eigenvalue weighted by Crippen LogP contribution is -2.07. The Balaban J connectivity index is 0.000000330. The maximum atomic E-state index is 12.0. The van der Waals surface area contributed by atoms with Crippen molar-refractivity contribution >= 4 is 29.2 Å². The van der Waals surface area contributed by atoms with Gasteiger partial charge in [-0.3, -0.25) is 15.0 Å². The van der Waals surface area contributed by atoms with Crippen LogP contribution >= 0.6 is 0 Å². The van der Waals surface area contributed by atoms with Gasteiger partial charge in [-0.05, 0) is 69.5 Å². The van der Waals surface area contributed by atoms with Crippen molar-refractivity contribution in [2.45, 2.75) is 50.9 Å². The number of nitriles is 3. The minimum absolute atomic E-state index is 0.272. The first-order valence-electron chi connectivity index (χ1n) is 13.0. The number of pyridine rings is 3. The smallest absolute Gasteiger partial charge is 0.214 e. The molecule has 0 aliphatic rings. The van der Waals surface area contributed by atoms with Gasteiger partial charge in [-0.15, -0.1) is 13.1 Å². The number of rotatable bonds is 6. The summed E-state index contributed by atoms with van der Waals surface area (Å²) in [6.07, 6.45) is 14.2. The molecule has 0 saturated carbocycles. The van der Waals surface area contributed by atoms with E-state index in [1.54, 1.807) is 51.0 Å². The zero-order valence-electron chi connectivity index (χ0n) is 26.0. The fourth-order valence-corrected chi connectivity index (χ4v) is 6.23. The van der Waals surface area contributed by atoms with Crippen LogP contribution in [0.1, 0.15) is 58.1 Å². The topological polar surface area (TPSA) is 198 Å². The summed E-state index contributed by atoms with van der Waals surface area (Å²) < 4.78 is 45.8. The predicted octanol–water partition coefficient (Wildman–Crippen LogP) is 5.53. The lowest BCUT2D eigenvalue weighted by atomic mass is 10.2. The van der Waals surface area contributed by atoms with Crippen molar-refractivity contribution in [2.75, 3.05) is 18.8 Å². The standard InChI is InChI=1S/2C10H13N3OS.C9H11N3OS/c2*1-8-4-5-10(6-12-8)9(2)15(3,14)13-7-11;1-8-3-4-9(5-11-8)6-14(2,13)12-7-10/h2*4-6,9H,1-3H3;3-5H,6H2,1-2H3. The van der Waals surface area contributed by atoms with Gasteiger partial charge in [-0.25, -0.2) is 12.6 Å². The first kappa shape index (κ1) is 37.8. The third kappa shape index (κ3) is 13.0. The molecule has 0 fully saturated rings. The molecule has 3 aromatic heterocycles. The Morgan fingerprint density at radius 2 is 1.00 bits per heavy atom. The largest absolute Gasteiger partial charge is 0.261 e. The Bertz CT molecular complexity index is 1800. The number of hydrogen-bond acceptors (Lipinski definition) is 12. The maximum Gasteiger partial charge on any atom is 0.214 e. The molecule has 0 amide bonds. The lowest BCUT2D eigenvalue weighted by molar-refractivity contribution is 0.672. The number of nitrogens with zero attached hydrogens (tertiary/aromatic N) is 9. The molecule has 234 valence electrons. The summed E-state index contributed by atoms with van der Waals surface area (Å²) >= 11 is 0. The lowest BCUT2D eigenvalue weighted by Gasteiger charge is -2.12. The molecule has 44 heavy (non-hydrogen) atoms. The molecule has 0 bridgehead atoms. The molecular weight excluding hydrogens is 619 g/mol. The first-order chi connectivity index (χ1) is 20.5. The number of aromatic nitrogens is 3. The molecule has 0 radical (unpaired) electrons. The van der Waals surface area contributed by atoms with Gasteiger partial charge in [0.1, 0.15) is 0 Å². The Labute approximate surface area is 261 Å². The molecule has 3 aromatic rings. The Kier molecular flexibility index (Phi) is 14.7. The van der Waals surface area contributed by atoms with Crippen LogP contribution in [0.4, 0.5) is 0 Å². The summed E-state index contributed by atoms with van der Waals surface area (Å²) in [6, 6.07) is 11.1. The molecule has 3 rings (SSSR count). The van der Waals surface area contributed by atoms with E-state index in [9.17, 15) is 12.6 Å². The Morgan fingerprint density at radius 1 is 0.636 bits per heavy atom. The molecule has 5 atom stereocenters. The van der Waals surface area contributed by atoms with E-state index in [4.69, 9.17) is 15.8 Å². The van der Waals surface area contributed by atoms with Crippen molar-refractivity contribution in [3.63, 3.8) is 0 Å². The van der Waals surface area contributed by atoms with Gasteiger partial charge in [0.2, 0.25) is 18.6 Å². The molecule has 0 spiro atoms. The molecule has 0 aromatic carbocycles. The SMILES string of the molecule is Cc1ccc(C(C)S(C)(=O)=NC#N)cn1.Cc1ccc(C(C)S(C)(=O)=NC#N)cn1.Cc1ccc(CS(C)(=O)=NC#N)cn1. The van der Waals surface area contributed by atoms with E-state index < -0.39 is 29.2 Å². The van der Waals surface area contributed by atoms with E-state index in [0.29, 0.717) is 0 Å². The van der Waals surface area contributed by atoms with Crippen molar-refractivity contribution in [3.8, 4) is 18.6 Å². The molecule has 15 heteroatoms. The van der Waals surface area contributed by atoms with Crippen LogP contribution in [-0.2, 0) is 34.9 Å². The van der Waals surface area contributed by atoms with E-state index in [0.717, 1.165) is 33.8 Å². The zero-order chi connectivity index (χ0) is 33.6. The number of hydrogen-bond donors (Lipinski definition) is 0. The van der Waals surface area contributed by atoms with Crippen LogP contribution in [0.5, 0.6) is 0 Å². The van der Waals surface area contributed by atoms with E-state index >= 15 is 0 Å². The van der Waals surface area contributed by atoms with Crippen LogP contribution in [0.2, 0.25) is 0 Å². The van der Waals surface area contributed by atoms with Gasteiger partial charge in [-0.1, -0.05) is 18.2 Å². The fraction of sp³-hybridized carbons (Fsp3) is 0.379. The molecule has 3 heterocycles. The highest BCUT2D eigenvalue weighted by Crippen LogP contribution is 2.23. The van der Waals surface area contributed by atoms with Gasteiger partial charge in [0.25, 0.3) is 0 Å². The summed E-state index contributed by atoms with van der Waals surface area (Å²) in [5, 5.41) is 24.6. The second-order valence-electron chi connectivity index (χ2n) is 9.96. The summed E-state index contributed by atoms with van der Waals surface area (Å²) in [6.45, 7) is 9.23. The molecule has 0 saturated heterocycles. The van der Waals surface area contributed by atoms with Crippen molar-refractivity contribution in [1.29, 1.82) is 15.8 Å². The summed E-state index contributed by atoms with van der Waals surface area (Å²) in [5.41, 5.74) is 5.24. The van der Waals surface area contributed by atoms with Crippen molar-refractivity contribution in [2.24, 2.45) is 13.1 Å². The molecule has 0 aliphatic heterocycles. The van der Waals surface area contributed by atoms with E-state index in [1.165, 1.54) is 18.8 Å². The maximum absolute atomic E-state index is 12.0. The number of aryl methyl sites for hydroxylation is 3. The molecule has 5 unspecified atom stereocenters. The van der Waals surface area contributed by atoms with Gasteiger partial charge in [0, 0.05) is 54.4 Å². The van der Waals surface area contributed by atoms with Crippen LogP contribution in [0.15, 0.2) is 68.1 Å². The minimum Gasteiger partial charge on any atom is -0.261 e. The van der Waals surface area contributed by atoms with Crippen molar-refractivity contribution in [3.05, 3.63) is 88.8 Å². The predicted molar refractivity (Wildman–Crippen MR) is 174 cm³/mol. The van der Waals surface area contributed by atoms with Gasteiger partial charge >= 0.3 is 0 Å². The molecule has 0 aliphatic carbocycles. The zero-order valence-corrected chi connectivity index (χ0v) is 28.5.